The van der Waals surface area contributed by atoms with E-state index in [9.17, 15) is 12.6 Å². The second-order valence-electron chi connectivity index (χ2n) is 20.4. The van der Waals surface area contributed by atoms with Gasteiger partial charge in [0.25, 0.3) is 0 Å². The van der Waals surface area contributed by atoms with E-state index < -0.39 is 20.6 Å². The molecule has 3 aliphatic rings. The monoisotopic (exact) mass is 962 g/mol. The van der Waals surface area contributed by atoms with Crippen LogP contribution in [-0.4, -0.2) is 116 Å². The number of anilines is 1. The molecule has 4 heterocycles. The summed E-state index contributed by atoms with van der Waals surface area (Å²) in [6.07, 6.45) is 35.9. The molecule has 1 atom stereocenters. The Morgan fingerprint density at radius 2 is 1.07 bits per heavy atom. The van der Waals surface area contributed by atoms with Gasteiger partial charge in [-0.1, -0.05) is 142 Å². The Kier molecular flexibility index (Phi) is 23.7. The highest BCUT2D eigenvalue weighted by Gasteiger charge is 2.34. The molecule has 67 heavy (non-hydrogen) atoms. The van der Waals surface area contributed by atoms with Crippen LogP contribution < -0.4 is 9.64 Å². The number of piperidine rings is 2. The van der Waals surface area contributed by atoms with Crippen LogP contribution in [0.3, 0.4) is 0 Å². The van der Waals surface area contributed by atoms with E-state index in [1.54, 1.807) is 36.6 Å². The molecule has 1 aromatic heterocycles. The van der Waals surface area contributed by atoms with Crippen molar-refractivity contribution in [3.63, 3.8) is 0 Å². The molecule has 11 heteroatoms. The first kappa shape index (κ1) is 53.8. The second-order valence-corrected chi connectivity index (χ2v) is 23.7. The Labute approximate surface area is 410 Å². The molecule has 3 fully saturated rings. The molecule has 0 bridgehead atoms. The van der Waals surface area contributed by atoms with Gasteiger partial charge in [0.2, 0.25) is 9.84 Å². The summed E-state index contributed by atoms with van der Waals surface area (Å²) in [6.45, 7) is 15.1. The van der Waals surface area contributed by atoms with Crippen molar-refractivity contribution < 1.29 is 17.4 Å². The summed E-state index contributed by atoms with van der Waals surface area (Å²) in [5.74, 6) is 1.22. The van der Waals surface area contributed by atoms with Crippen LogP contribution in [0.4, 0.5) is 5.82 Å². The first-order valence-electron chi connectivity index (χ1n) is 27.5. The molecule has 2 aromatic carbocycles. The maximum atomic E-state index is 14.6. The number of likely N-dealkylation sites (tertiary alicyclic amines) is 1. The summed E-state index contributed by atoms with van der Waals surface area (Å²) in [6, 6.07) is 15.4. The summed E-state index contributed by atoms with van der Waals surface area (Å²) >= 11 is 0. The van der Waals surface area contributed by atoms with E-state index in [0.29, 0.717) is 46.1 Å². The molecule has 1 unspecified atom stereocenters. The van der Waals surface area contributed by atoms with Crippen molar-refractivity contribution in [2.45, 2.75) is 208 Å². The lowest BCUT2D eigenvalue weighted by Crippen LogP contribution is -2.55. The van der Waals surface area contributed by atoms with Crippen molar-refractivity contribution in [2.24, 2.45) is 0 Å². The summed E-state index contributed by atoms with van der Waals surface area (Å²) in [7, 11) is -5.13. The molecule has 3 saturated heterocycles. The number of hydrogen-bond donors (Lipinski definition) is 0. The van der Waals surface area contributed by atoms with Gasteiger partial charge >= 0.3 is 0 Å². The third-order valence-electron chi connectivity index (χ3n) is 15.3. The Balaban J connectivity index is 0.912. The molecule has 0 amide bonds. The zero-order valence-electron chi connectivity index (χ0n) is 42.4. The van der Waals surface area contributed by atoms with Gasteiger partial charge in [0.05, 0.1) is 17.0 Å². The van der Waals surface area contributed by atoms with Crippen LogP contribution in [0.2, 0.25) is 0 Å². The number of nitrogens with zero attached hydrogens (tertiary/aromatic N) is 5. The molecule has 3 aliphatic heterocycles. The van der Waals surface area contributed by atoms with Gasteiger partial charge < -0.3 is 19.4 Å². The minimum atomic E-state index is -3.93. The summed E-state index contributed by atoms with van der Waals surface area (Å²) in [5.41, 5.74) is 0.715. The van der Waals surface area contributed by atoms with Gasteiger partial charge in [-0.2, -0.15) is 0 Å². The SMILES string of the molecule is CCCCCCCCCCCCCCCCCCCCCCOc1ccc(S(=O)(=O)c2cc3cc(S(C)=O)ccc3nc2N2CCC(N3CCC(N4CCN(CCCC)CC4)CC3)CC2)cc1. The number of unbranched alkanes of at least 4 members (excludes halogenated alkanes) is 20. The smallest absolute Gasteiger partial charge is 0.210 e. The number of pyridine rings is 1. The maximum Gasteiger partial charge on any atom is 0.210 e. The lowest BCUT2D eigenvalue weighted by molar-refractivity contribution is 0.0433. The predicted molar refractivity (Wildman–Crippen MR) is 282 cm³/mol. The fourth-order valence-electron chi connectivity index (χ4n) is 10.9. The van der Waals surface area contributed by atoms with Crippen LogP contribution in [0.5, 0.6) is 5.75 Å². The lowest BCUT2D eigenvalue weighted by atomic mass is 9.96. The average molecular weight is 963 g/mol. The van der Waals surface area contributed by atoms with Crippen molar-refractivity contribution in [1.82, 2.24) is 19.7 Å². The molecule has 6 rings (SSSR count). The topological polar surface area (TPSA) is 86.3 Å². The number of aromatic nitrogens is 1. The highest BCUT2D eigenvalue weighted by atomic mass is 32.2. The molecular formula is C56H91N5O4S2. The van der Waals surface area contributed by atoms with Gasteiger partial charge in [-0.15, -0.1) is 0 Å². The van der Waals surface area contributed by atoms with Crippen molar-refractivity contribution in [3.8, 4) is 5.75 Å². The van der Waals surface area contributed by atoms with Crippen LogP contribution in [0, 0.1) is 0 Å². The van der Waals surface area contributed by atoms with Crippen molar-refractivity contribution in [2.75, 3.05) is 76.7 Å². The van der Waals surface area contributed by atoms with Gasteiger partial charge in [-0.25, -0.2) is 13.4 Å². The van der Waals surface area contributed by atoms with Gasteiger partial charge in [0.1, 0.15) is 16.5 Å². The van der Waals surface area contributed by atoms with Crippen molar-refractivity contribution >= 4 is 37.4 Å². The molecule has 0 aliphatic carbocycles. The van der Waals surface area contributed by atoms with Gasteiger partial charge in [-0.05, 0) is 107 Å². The van der Waals surface area contributed by atoms with E-state index in [1.165, 1.54) is 174 Å². The fraction of sp³-hybridized carbons (Fsp3) is 0.732. The Bertz CT molecular complexity index is 1970. The molecule has 0 saturated carbocycles. The first-order valence-corrected chi connectivity index (χ1v) is 30.5. The number of ether oxygens (including phenoxy) is 1. The van der Waals surface area contributed by atoms with E-state index in [4.69, 9.17) is 9.72 Å². The van der Waals surface area contributed by atoms with Crippen molar-refractivity contribution in [3.05, 3.63) is 48.5 Å². The van der Waals surface area contributed by atoms with Crippen LogP contribution in [-0.2, 0) is 20.6 Å². The van der Waals surface area contributed by atoms with Crippen LogP contribution in [0.25, 0.3) is 10.9 Å². The number of fused-ring (bicyclic) bond motifs is 1. The standard InChI is InChI=1S/C56H91N5O4S2/c1-4-6-8-9-10-11-12-13-14-15-16-17-18-19-20-21-22-23-24-25-45-65-51-26-29-53(30-27-51)67(63,64)55-47-48-46-52(66(3)62)28-31-54(48)57-56(55)61-39-34-49(35-40-61)59-37-32-50(33-38-59)60-43-41-58(42-44-60)36-7-5-2/h26-31,46-47,49-50H,4-25,32-45H2,1-3H3. The van der Waals surface area contributed by atoms with Crippen LogP contribution in [0.15, 0.2) is 63.2 Å². The summed E-state index contributed by atoms with van der Waals surface area (Å²) < 4.78 is 47.7. The predicted octanol–water partition coefficient (Wildman–Crippen LogP) is 12.9. The number of benzene rings is 2. The third kappa shape index (κ3) is 17.4. The van der Waals surface area contributed by atoms with Gasteiger partial charge in [-0.3, -0.25) is 9.11 Å². The van der Waals surface area contributed by atoms with Gasteiger partial charge in [0, 0.05) is 78.7 Å². The van der Waals surface area contributed by atoms with E-state index >= 15 is 0 Å². The lowest BCUT2D eigenvalue weighted by Gasteiger charge is -2.46. The van der Waals surface area contributed by atoms with Gasteiger partial charge in [0.15, 0.2) is 0 Å². The normalized spacial score (nSPS) is 18.0. The van der Waals surface area contributed by atoms with Crippen LogP contribution >= 0.6 is 0 Å². The second kappa shape index (κ2) is 29.6. The fourth-order valence-corrected chi connectivity index (χ4v) is 12.9. The minimum Gasteiger partial charge on any atom is -0.494 e. The van der Waals surface area contributed by atoms with E-state index in [0.717, 1.165) is 51.9 Å². The number of rotatable bonds is 31. The van der Waals surface area contributed by atoms with Crippen molar-refractivity contribution in [1.29, 1.82) is 0 Å². The summed E-state index contributed by atoms with van der Waals surface area (Å²) in [5, 5.41) is 0.685. The highest BCUT2D eigenvalue weighted by molar-refractivity contribution is 7.91. The first-order chi connectivity index (χ1) is 32.8. The maximum absolute atomic E-state index is 14.6. The number of sulfone groups is 1. The average Bonchev–Trinajstić information content (AvgIpc) is 3.36. The third-order valence-corrected chi connectivity index (χ3v) is 18.0. The van der Waals surface area contributed by atoms with Crippen LogP contribution in [0.1, 0.15) is 181 Å². The quantitative estimate of drug-likeness (QED) is 0.0585. The molecular weight excluding hydrogens is 871 g/mol. The number of piperazine rings is 1. The molecule has 0 N–H and O–H groups in total. The molecule has 0 radical (unpaired) electrons. The van der Waals surface area contributed by atoms with E-state index in [1.807, 2.05) is 18.2 Å². The van der Waals surface area contributed by atoms with E-state index in [2.05, 4.69) is 33.4 Å². The zero-order chi connectivity index (χ0) is 47.1. The Morgan fingerprint density at radius 1 is 0.582 bits per heavy atom. The Morgan fingerprint density at radius 3 is 1.60 bits per heavy atom. The zero-order valence-corrected chi connectivity index (χ0v) is 44.0. The summed E-state index contributed by atoms with van der Waals surface area (Å²) in [4.78, 5) is 16.4. The molecule has 376 valence electrons. The number of hydrogen-bond acceptors (Lipinski definition) is 9. The molecule has 0 spiro atoms. The minimum absolute atomic E-state index is 0.214. The molecule has 3 aromatic rings. The molecule has 9 nitrogen and oxygen atoms in total. The highest BCUT2D eigenvalue weighted by Crippen LogP contribution is 2.36. The Hall–Kier alpha value is -2.57. The largest absolute Gasteiger partial charge is 0.494 e. The van der Waals surface area contributed by atoms with E-state index in [-0.39, 0.29) is 9.79 Å².